The lowest BCUT2D eigenvalue weighted by atomic mass is 9.87. The predicted octanol–water partition coefficient (Wildman–Crippen LogP) is 5.71. The monoisotopic (exact) mass is 893 g/mol. The van der Waals surface area contributed by atoms with Crippen LogP contribution < -0.4 is 16.8 Å². The molecule has 4 unspecified atom stereocenters. The van der Waals surface area contributed by atoms with E-state index in [0.29, 0.717) is 53.9 Å². The molecule has 0 spiro atoms. The third-order valence-corrected chi connectivity index (χ3v) is 15.1. The average Bonchev–Trinajstić information content (AvgIpc) is 3.70. The summed E-state index contributed by atoms with van der Waals surface area (Å²) in [7, 11) is 3.03. The SMILES string of the molecule is CC1CCC(c2ccc3c(c2)CCN(C)C3)N(C(=O)C(=O)Nc2cnc(N)c3cnn(COCC[Si](C)(C)C)c23)C1.CC1CCC(c2ccc3c(c2)CCN(C)C3)N(C(=O)C(N)=O)C1. The van der Waals surface area contributed by atoms with Crippen molar-refractivity contribution in [3.8, 4) is 0 Å². The number of fused-ring (bicyclic) bond motifs is 3. The van der Waals surface area contributed by atoms with Gasteiger partial charge in [-0.2, -0.15) is 5.10 Å². The van der Waals surface area contributed by atoms with Gasteiger partial charge in [-0.25, -0.2) is 9.67 Å². The van der Waals surface area contributed by atoms with Crippen LogP contribution in [0, 0.1) is 11.8 Å². The summed E-state index contributed by atoms with van der Waals surface area (Å²) < 4.78 is 7.57. The molecule has 16 heteroatoms. The van der Waals surface area contributed by atoms with E-state index in [1.54, 1.807) is 20.7 Å². The quantitative estimate of drug-likeness (QED) is 0.113. The van der Waals surface area contributed by atoms with E-state index in [1.807, 2.05) is 0 Å². The first kappa shape index (κ1) is 46.8. The second kappa shape index (κ2) is 19.9. The summed E-state index contributed by atoms with van der Waals surface area (Å²) in [6, 6.07) is 13.9. The molecule has 2 saturated heterocycles. The minimum Gasteiger partial charge on any atom is -0.383 e. The van der Waals surface area contributed by atoms with Crippen LogP contribution in [0.3, 0.4) is 0 Å². The number of primary amides is 1. The lowest BCUT2D eigenvalue weighted by molar-refractivity contribution is -0.147. The molecule has 5 N–H and O–H groups in total. The minimum absolute atomic E-state index is 0.0313. The van der Waals surface area contributed by atoms with Crippen LogP contribution in [0.1, 0.15) is 85.0 Å². The normalized spacial score (nSPS) is 21.7. The van der Waals surface area contributed by atoms with E-state index in [4.69, 9.17) is 16.2 Å². The average molecular weight is 893 g/mol. The van der Waals surface area contributed by atoms with Crippen molar-refractivity contribution in [1.29, 1.82) is 0 Å². The molecule has 4 aliphatic rings. The van der Waals surface area contributed by atoms with Crippen molar-refractivity contribution in [1.82, 2.24) is 34.4 Å². The molecule has 2 aromatic heterocycles. The summed E-state index contributed by atoms with van der Waals surface area (Å²) in [5.74, 6) is -1.62. The molecule has 2 aromatic carbocycles. The molecule has 6 heterocycles. The lowest BCUT2D eigenvalue weighted by Gasteiger charge is -2.39. The van der Waals surface area contributed by atoms with E-state index in [0.717, 1.165) is 81.9 Å². The fourth-order valence-electron chi connectivity index (χ4n) is 9.58. The molecule has 344 valence electrons. The third-order valence-electron chi connectivity index (χ3n) is 13.4. The van der Waals surface area contributed by atoms with Gasteiger partial charge in [0.2, 0.25) is 0 Å². The number of hydrogen-bond donors (Lipinski definition) is 3. The van der Waals surface area contributed by atoms with Gasteiger partial charge in [0.25, 0.3) is 0 Å². The van der Waals surface area contributed by atoms with Gasteiger partial charge in [0.15, 0.2) is 0 Å². The van der Waals surface area contributed by atoms with E-state index in [1.165, 1.54) is 28.5 Å². The molecular weight excluding hydrogens is 825 g/mol. The van der Waals surface area contributed by atoms with Crippen molar-refractivity contribution in [2.24, 2.45) is 17.6 Å². The van der Waals surface area contributed by atoms with Crippen molar-refractivity contribution in [3.05, 3.63) is 82.2 Å². The Morgan fingerprint density at radius 2 is 1.33 bits per heavy atom. The number of aromatic nitrogens is 3. The molecule has 4 amide bonds. The van der Waals surface area contributed by atoms with Gasteiger partial charge in [0.1, 0.15) is 12.5 Å². The Bertz CT molecular complexity index is 2360. The maximum Gasteiger partial charge on any atom is 0.314 e. The molecule has 4 aromatic rings. The summed E-state index contributed by atoms with van der Waals surface area (Å²) >= 11 is 0. The second-order valence-corrected chi connectivity index (χ2v) is 25.6. The molecule has 0 bridgehead atoms. The van der Waals surface area contributed by atoms with Crippen LogP contribution in [0.4, 0.5) is 11.5 Å². The summed E-state index contributed by atoms with van der Waals surface area (Å²) in [4.78, 5) is 63.1. The number of pyridine rings is 1. The molecule has 0 radical (unpaired) electrons. The summed E-state index contributed by atoms with van der Waals surface area (Å²) in [6.45, 7) is 17.1. The van der Waals surface area contributed by atoms with E-state index >= 15 is 0 Å². The van der Waals surface area contributed by atoms with E-state index in [-0.39, 0.29) is 18.8 Å². The van der Waals surface area contributed by atoms with Gasteiger partial charge in [0, 0.05) is 53.9 Å². The van der Waals surface area contributed by atoms with E-state index in [9.17, 15) is 19.2 Å². The van der Waals surface area contributed by atoms with Crippen LogP contribution in [0.5, 0.6) is 0 Å². The van der Waals surface area contributed by atoms with Crippen LogP contribution in [-0.2, 0) is 56.6 Å². The third kappa shape index (κ3) is 11.0. The summed E-state index contributed by atoms with van der Waals surface area (Å²) in [5, 5.41) is 7.86. The Kier molecular flexibility index (Phi) is 14.6. The number of amides is 4. The molecule has 2 fully saturated rings. The highest BCUT2D eigenvalue weighted by Gasteiger charge is 2.36. The maximum absolute atomic E-state index is 13.7. The number of nitrogens with zero attached hydrogens (tertiary/aromatic N) is 7. The highest BCUT2D eigenvalue weighted by Crippen LogP contribution is 2.37. The van der Waals surface area contributed by atoms with E-state index in [2.05, 4.69) is 109 Å². The molecular formula is C48H68N10O5Si. The number of carbonyl (C=O) groups excluding carboxylic acids is 4. The number of likely N-dealkylation sites (N-methyl/N-ethyl adjacent to an activating group) is 2. The number of nitrogens with one attached hydrogen (secondary N) is 1. The molecule has 0 saturated carbocycles. The van der Waals surface area contributed by atoms with E-state index < -0.39 is 31.7 Å². The zero-order chi connectivity index (χ0) is 45.9. The maximum atomic E-state index is 13.7. The van der Waals surface area contributed by atoms with Crippen molar-refractivity contribution in [3.63, 3.8) is 0 Å². The Morgan fingerprint density at radius 1 is 0.781 bits per heavy atom. The first-order valence-electron chi connectivity index (χ1n) is 23.0. The zero-order valence-corrected chi connectivity index (χ0v) is 39.9. The molecule has 4 atom stereocenters. The van der Waals surface area contributed by atoms with Crippen molar-refractivity contribution >= 4 is 54.1 Å². The number of piperidine rings is 2. The Labute approximate surface area is 378 Å². The number of nitrogen functional groups attached to an aromatic ring is 1. The number of nitrogens with two attached hydrogens (primary N) is 2. The second-order valence-electron chi connectivity index (χ2n) is 20.0. The Morgan fingerprint density at radius 3 is 1.86 bits per heavy atom. The number of carbonyl (C=O) groups is 4. The van der Waals surface area contributed by atoms with Gasteiger partial charge in [-0.1, -0.05) is 69.9 Å². The van der Waals surface area contributed by atoms with Gasteiger partial charge in [0.05, 0.1) is 41.1 Å². The standard InChI is InChI=1S/C30H43N7O3Si.C18H25N3O2/c1-20-6-9-26(22-7-8-23-18-35(2)11-10-21(23)14-22)36(17-20)30(39)29(38)34-25-16-32-28(31)24-15-33-37(27(24)25)19-40-12-13-41(3,4)5;1-12-3-6-16(21(10-12)18(23)17(19)22)14-4-5-15-11-20(2)8-7-13(15)9-14/h7-8,14-16,20,26H,6,9-13,17-19H2,1-5H3,(H2,31,32)(H,34,38);4-5,9,12,16H,3,6-8,10-11H2,1-2H3,(H2,19,22). The van der Waals surface area contributed by atoms with Crippen LogP contribution in [0.2, 0.25) is 25.7 Å². The molecule has 0 aliphatic carbocycles. The molecule has 8 rings (SSSR count). The minimum atomic E-state index is -1.24. The van der Waals surface area contributed by atoms with Gasteiger partial charge < -0.3 is 41.1 Å². The van der Waals surface area contributed by atoms with Crippen molar-refractivity contribution in [2.45, 2.75) is 110 Å². The largest absolute Gasteiger partial charge is 0.383 e. The number of anilines is 2. The Hall–Kier alpha value is -5.16. The zero-order valence-electron chi connectivity index (χ0n) is 38.9. The van der Waals surface area contributed by atoms with Crippen LogP contribution >= 0.6 is 0 Å². The Balaban J connectivity index is 0.000000225. The predicted molar refractivity (Wildman–Crippen MR) is 253 cm³/mol. The van der Waals surface area contributed by atoms with Gasteiger partial charge >= 0.3 is 23.6 Å². The molecule has 64 heavy (non-hydrogen) atoms. The van der Waals surface area contributed by atoms with Crippen LogP contribution in [0.25, 0.3) is 10.9 Å². The van der Waals surface area contributed by atoms with Crippen molar-refractivity contribution < 1.29 is 23.9 Å². The van der Waals surface area contributed by atoms with Crippen molar-refractivity contribution in [2.75, 3.05) is 57.9 Å². The number of likely N-dealkylation sites (tertiary alicyclic amines) is 2. The summed E-state index contributed by atoms with van der Waals surface area (Å²) in [6.07, 6.45) is 8.92. The van der Waals surface area contributed by atoms with Crippen LogP contribution in [-0.4, -0.2) is 113 Å². The number of ether oxygens (including phenoxy) is 1. The summed E-state index contributed by atoms with van der Waals surface area (Å²) in [5.41, 5.74) is 20.0. The molecule has 15 nitrogen and oxygen atoms in total. The fourth-order valence-corrected chi connectivity index (χ4v) is 10.3. The first-order valence-corrected chi connectivity index (χ1v) is 26.7. The number of benzene rings is 2. The molecule has 4 aliphatic heterocycles. The van der Waals surface area contributed by atoms with Crippen LogP contribution in [0.15, 0.2) is 48.8 Å². The highest BCUT2D eigenvalue weighted by atomic mass is 28.3. The lowest BCUT2D eigenvalue weighted by Crippen LogP contribution is -2.47. The van der Waals surface area contributed by atoms with Gasteiger partial charge in [-0.15, -0.1) is 0 Å². The fraction of sp³-hybridized carbons (Fsp3) is 0.542. The van der Waals surface area contributed by atoms with Gasteiger partial charge in [-0.05, 0) is 104 Å². The first-order chi connectivity index (χ1) is 30.4. The number of hydrogen-bond acceptors (Lipinski definition) is 10. The topological polar surface area (TPSA) is 185 Å². The smallest absolute Gasteiger partial charge is 0.314 e. The van der Waals surface area contributed by atoms with Gasteiger partial charge in [-0.3, -0.25) is 19.2 Å². The highest BCUT2D eigenvalue weighted by molar-refractivity contribution is 6.76. The number of rotatable bonds is 8.